The summed E-state index contributed by atoms with van der Waals surface area (Å²) < 4.78 is 6.04. The number of aryl methyl sites for hydroxylation is 1. The SMILES string of the molecule is COc1ccccc1CSc1nc(C)c(C(=O)O)s1. The molecule has 0 atom stereocenters. The van der Waals surface area contributed by atoms with Gasteiger partial charge in [0.05, 0.1) is 12.8 Å². The third-order valence-electron chi connectivity index (χ3n) is 2.51. The van der Waals surface area contributed by atoms with Crippen molar-refractivity contribution in [1.82, 2.24) is 4.98 Å². The molecule has 1 aromatic carbocycles. The fourth-order valence-corrected chi connectivity index (χ4v) is 3.61. The van der Waals surface area contributed by atoms with Crippen LogP contribution in [-0.2, 0) is 5.75 Å². The number of hydrogen-bond acceptors (Lipinski definition) is 5. The normalized spacial score (nSPS) is 10.4. The second kappa shape index (κ2) is 6.08. The van der Waals surface area contributed by atoms with Crippen LogP contribution in [0.25, 0.3) is 0 Å². The molecule has 0 spiro atoms. The van der Waals surface area contributed by atoms with Gasteiger partial charge in [-0.2, -0.15) is 0 Å². The van der Waals surface area contributed by atoms with Gasteiger partial charge in [0, 0.05) is 11.3 Å². The van der Waals surface area contributed by atoms with Gasteiger partial charge in [-0.15, -0.1) is 11.3 Å². The monoisotopic (exact) mass is 295 g/mol. The maximum atomic E-state index is 11.0. The zero-order valence-electron chi connectivity index (χ0n) is 10.5. The minimum atomic E-state index is -0.917. The summed E-state index contributed by atoms with van der Waals surface area (Å²) in [6, 6.07) is 7.77. The number of para-hydroxylation sites is 1. The van der Waals surface area contributed by atoms with Gasteiger partial charge in [-0.05, 0) is 13.0 Å². The van der Waals surface area contributed by atoms with Crippen LogP contribution in [0.2, 0.25) is 0 Å². The molecule has 0 unspecified atom stereocenters. The summed E-state index contributed by atoms with van der Waals surface area (Å²) in [7, 11) is 1.64. The number of nitrogens with zero attached hydrogens (tertiary/aromatic N) is 1. The lowest BCUT2D eigenvalue weighted by Crippen LogP contribution is -1.94. The van der Waals surface area contributed by atoms with E-state index in [0.29, 0.717) is 16.3 Å². The molecule has 0 saturated heterocycles. The zero-order valence-corrected chi connectivity index (χ0v) is 12.2. The molecule has 0 bridgehead atoms. The molecule has 1 aromatic heterocycles. The number of aromatic nitrogens is 1. The first kappa shape index (κ1) is 13.9. The van der Waals surface area contributed by atoms with Crippen LogP contribution in [0, 0.1) is 6.92 Å². The Hall–Kier alpha value is -1.53. The molecular formula is C13H13NO3S2. The average molecular weight is 295 g/mol. The maximum Gasteiger partial charge on any atom is 0.347 e. The first-order valence-electron chi connectivity index (χ1n) is 5.57. The number of carboxylic acids is 1. The predicted octanol–water partition coefficient (Wildman–Crippen LogP) is 3.45. The summed E-state index contributed by atoms with van der Waals surface area (Å²) in [6.07, 6.45) is 0. The zero-order chi connectivity index (χ0) is 13.8. The average Bonchev–Trinajstić information content (AvgIpc) is 2.78. The van der Waals surface area contributed by atoms with Gasteiger partial charge >= 0.3 is 5.97 Å². The van der Waals surface area contributed by atoms with Crippen molar-refractivity contribution in [2.24, 2.45) is 0 Å². The summed E-state index contributed by atoms with van der Waals surface area (Å²) in [5.74, 6) is 0.622. The van der Waals surface area contributed by atoms with Crippen molar-refractivity contribution < 1.29 is 14.6 Å². The quantitative estimate of drug-likeness (QED) is 0.856. The second-order valence-electron chi connectivity index (χ2n) is 3.80. The lowest BCUT2D eigenvalue weighted by Gasteiger charge is -2.06. The van der Waals surface area contributed by atoms with Crippen molar-refractivity contribution in [2.75, 3.05) is 7.11 Å². The number of carbonyl (C=O) groups is 1. The predicted molar refractivity (Wildman–Crippen MR) is 76.4 cm³/mol. The lowest BCUT2D eigenvalue weighted by atomic mass is 10.2. The fourth-order valence-electron chi connectivity index (χ4n) is 1.59. The molecule has 100 valence electrons. The molecule has 0 aliphatic carbocycles. The van der Waals surface area contributed by atoms with E-state index in [2.05, 4.69) is 4.98 Å². The Labute approximate surface area is 119 Å². The highest BCUT2D eigenvalue weighted by molar-refractivity contribution is 8.00. The van der Waals surface area contributed by atoms with Crippen molar-refractivity contribution >= 4 is 29.1 Å². The molecule has 0 radical (unpaired) electrons. The molecule has 19 heavy (non-hydrogen) atoms. The number of thioether (sulfide) groups is 1. The summed E-state index contributed by atoms with van der Waals surface area (Å²) >= 11 is 2.73. The molecule has 2 rings (SSSR count). The van der Waals surface area contributed by atoms with E-state index in [1.54, 1.807) is 14.0 Å². The number of hydrogen-bond donors (Lipinski definition) is 1. The molecule has 0 aliphatic heterocycles. The van der Waals surface area contributed by atoms with E-state index in [4.69, 9.17) is 9.84 Å². The molecule has 0 amide bonds. The third-order valence-corrected chi connectivity index (χ3v) is 4.85. The Morgan fingerprint density at radius 1 is 1.47 bits per heavy atom. The number of thiazole rings is 1. The number of ether oxygens (including phenoxy) is 1. The van der Waals surface area contributed by atoms with Crippen LogP contribution < -0.4 is 4.74 Å². The highest BCUT2D eigenvalue weighted by Gasteiger charge is 2.14. The third kappa shape index (κ3) is 3.27. The van der Waals surface area contributed by atoms with Crippen LogP contribution in [0.4, 0.5) is 0 Å². The van der Waals surface area contributed by atoms with Crippen molar-refractivity contribution in [3.05, 3.63) is 40.4 Å². The molecule has 1 heterocycles. The summed E-state index contributed by atoms with van der Waals surface area (Å²) in [6.45, 7) is 1.72. The minimum absolute atomic E-state index is 0.308. The Morgan fingerprint density at radius 3 is 2.84 bits per heavy atom. The van der Waals surface area contributed by atoms with Gasteiger partial charge in [0.25, 0.3) is 0 Å². The summed E-state index contributed by atoms with van der Waals surface area (Å²) in [4.78, 5) is 15.5. The molecule has 6 heteroatoms. The van der Waals surface area contributed by atoms with Crippen LogP contribution in [0.1, 0.15) is 20.9 Å². The number of benzene rings is 1. The van der Waals surface area contributed by atoms with Gasteiger partial charge < -0.3 is 9.84 Å². The number of methoxy groups -OCH3 is 1. The Bertz CT molecular complexity index is 595. The largest absolute Gasteiger partial charge is 0.496 e. The van der Waals surface area contributed by atoms with Crippen LogP contribution in [0.15, 0.2) is 28.6 Å². The molecule has 2 aromatic rings. The van der Waals surface area contributed by atoms with Gasteiger partial charge in [0.15, 0.2) is 4.34 Å². The number of carboxylic acid groups (broad SMARTS) is 1. The Kier molecular flexibility index (Phi) is 4.44. The van der Waals surface area contributed by atoms with E-state index >= 15 is 0 Å². The lowest BCUT2D eigenvalue weighted by molar-refractivity contribution is 0.0701. The highest BCUT2D eigenvalue weighted by Crippen LogP contribution is 2.32. The standard InChI is InChI=1S/C13H13NO3S2/c1-8-11(12(15)16)19-13(14-8)18-7-9-5-3-4-6-10(9)17-2/h3-6H,7H2,1-2H3,(H,15,16). The van der Waals surface area contributed by atoms with Crippen molar-refractivity contribution in [3.8, 4) is 5.75 Å². The second-order valence-corrected chi connectivity index (χ2v) is 6.02. The van der Waals surface area contributed by atoms with Crippen molar-refractivity contribution in [1.29, 1.82) is 0 Å². The van der Waals surface area contributed by atoms with E-state index in [9.17, 15) is 4.79 Å². The van der Waals surface area contributed by atoms with E-state index in [1.165, 1.54) is 23.1 Å². The van der Waals surface area contributed by atoms with Gasteiger partial charge in [0.2, 0.25) is 0 Å². The molecular weight excluding hydrogens is 282 g/mol. The van der Waals surface area contributed by atoms with E-state index in [-0.39, 0.29) is 0 Å². The first-order chi connectivity index (χ1) is 9.11. The number of rotatable bonds is 5. The fraction of sp³-hybridized carbons (Fsp3) is 0.231. The number of aromatic carboxylic acids is 1. The Balaban J connectivity index is 2.10. The van der Waals surface area contributed by atoms with Crippen molar-refractivity contribution in [2.45, 2.75) is 17.0 Å². The smallest absolute Gasteiger partial charge is 0.347 e. The van der Waals surface area contributed by atoms with Crippen LogP contribution >= 0.6 is 23.1 Å². The molecule has 0 fully saturated rings. The van der Waals surface area contributed by atoms with Gasteiger partial charge in [-0.3, -0.25) is 0 Å². The Morgan fingerprint density at radius 2 is 2.21 bits per heavy atom. The highest BCUT2D eigenvalue weighted by atomic mass is 32.2. The van der Waals surface area contributed by atoms with E-state index in [1.807, 2.05) is 24.3 Å². The van der Waals surface area contributed by atoms with Gasteiger partial charge in [0.1, 0.15) is 10.6 Å². The van der Waals surface area contributed by atoms with Gasteiger partial charge in [-0.25, -0.2) is 9.78 Å². The van der Waals surface area contributed by atoms with E-state index < -0.39 is 5.97 Å². The van der Waals surface area contributed by atoms with Crippen LogP contribution in [0.3, 0.4) is 0 Å². The summed E-state index contributed by atoms with van der Waals surface area (Å²) in [5, 5.41) is 8.99. The molecule has 0 aliphatic rings. The minimum Gasteiger partial charge on any atom is -0.496 e. The van der Waals surface area contributed by atoms with Crippen molar-refractivity contribution in [3.63, 3.8) is 0 Å². The van der Waals surface area contributed by atoms with Crippen LogP contribution in [0.5, 0.6) is 5.75 Å². The van der Waals surface area contributed by atoms with E-state index in [0.717, 1.165) is 15.7 Å². The summed E-state index contributed by atoms with van der Waals surface area (Å²) in [5.41, 5.74) is 1.64. The topological polar surface area (TPSA) is 59.4 Å². The van der Waals surface area contributed by atoms with Crippen LogP contribution in [-0.4, -0.2) is 23.2 Å². The molecule has 1 N–H and O–H groups in total. The molecule has 4 nitrogen and oxygen atoms in total. The van der Waals surface area contributed by atoms with Gasteiger partial charge in [-0.1, -0.05) is 30.0 Å². The maximum absolute atomic E-state index is 11.0. The first-order valence-corrected chi connectivity index (χ1v) is 7.37. The molecule has 0 saturated carbocycles.